The van der Waals surface area contributed by atoms with Crippen LogP contribution in [0.5, 0.6) is 23.0 Å². The summed E-state index contributed by atoms with van der Waals surface area (Å²) in [5, 5.41) is 5.94. The average Bonchev–Trinajstić information content (AvgIpc) is 4.00. The quantitative estimate of drug-likeness (QED) is 0.104. The number of halogens is 4. The Morgan fingerprint density at radius 1 is 0.576 bits per heavy atom. The number of piperazine rings is 2. The minimum absolute atomic E-state index is 0.0862. The third-order valence-electron chi connectivity index (χ3n) is 10.8. The Kier molecular flexibility index (Phi) is 16.0. The first-order valence-electron chi connectivity index (χ1n) is 20.3. The summed E-state index contributed by atoms with van der Waals surface area (Å²) in [6.45, 7) is 3.30. The minimum Gasteiger partial charge on any atom is -0.497 e. The number of nitrogens with zero attached hydrogens (tertiary/aromatic N) is 6. The van der Waals surface area contributed by atoms with Crippen LogP contribution in [0.25, 0.3) is 0 Å². The van der Waals surface area contributed by atoms with E-state index in [1.165, 1.54) is 96.1 Å². The number of hydrogen-bond acceptors (Lipinski definition) is 14. The molecular weight excluding hydrogens is 978 g/mol. The molecule has 2 aliphatic rings. The number of rotatable bonds is 14. The van der Waals surface area contributed by atoms with Crippen molar-refractivity contribution in [3.8, 4) is 23.0 Å². The lowest BCUT2D eigenvalue weighted by Gasteiger charge is -2.34. The maximum Gasteiger partial charge on any atom is 0.247 e. The Morgan fingerprint density at radius 3 is 1.47 bits per heavy atom. The van der Waals surface area contributed by atoms with Crippen molar-refractivity contribution < 1.29 is 44.6 Å². The van der Waals surface area contributed by atoms with E-state index >= 15 is 0 Å². The van der Waals surface area contributed by atoms with Crippen molar-refractivity contribution in [2.75, 3.05) is 90.6 Å². The molecule has 66 heavy (non-hydrogen) atoms. The zero-order valence-corrected chi connectivity index (χ0v) is 41.0. The number of methoxy groups -OCH3 is 4. The molecule has 0 unspecified atom stereocenters. The van der Waals surface area contributed by atoms with Crippen molar-refractivity contribution in [1.82, 2.24) is 18.6 Å². The molecule has 0 spiro atoms. The first kappa shape index (κ1) is 49.1. The third-order valence-corrected chi connectivity index (χ3v) is 17.0. The molecule has 4 heterocycles. The second-order valence-corrected chi connectivity index (χ2v) is 21.3. The summed E-state index contributed by atoms with van der Waals surface area (Å²) >= 11 is 14.7. The van der Waals surface area contributed by atoms with E-state index in [0.717, 1.165) is 32.8 Å². The molecule has 6 aromatic rings. The van der Waals surface area contributed by atoms with Crippen LogP contribution in [0.2, 0.25) is 10.0 Å². The number of aromatic nitrogens is 2. The van der Waals surface area contributed by atoms with Crippen LogP contribution in [0, 0.1) is 11.6 Å². The molecule has 0 saturated carbocycles. The van der Waals surface area contributed by atoms with Gasteiger partial charge in [0.05, 0.1) is 44.8 Å². The number of benzene rings is 4. The second kappa shape index (κ2) is 21.4. The predicted octanol–water partition coefficient (Wildman–Crippen LogP) is 8.11. The predicted molar refractivity (Wildman–Crippen MR) is 254 cm³/mol. The van der Waals surface area contributed by atoms with E-state index in [1.807, 2.05) is 10.8 Å². The van der Waals surface area contributed by atoms with Crippen molar-refractivity contribution in [3.05, 3.63) is 128 Å². The van der Waals surface area contributed by atoms with E-state index in [0.29, 0.717) is 81.7 Å². The highest BCUT2D eigenvalue weighted by Crippen LogP contribution is 2.34. The second-order valence-electron chi connectivity index (χ2n) is 14.9. The zero-order valence-electron chi connectivity index (χ0n) is 36.2. The monoisotopic (exact) mass is 1020 g/mol. The smallest absolute Gasteiger partial charge is 0.247 e. The maximum atomic E-state index is 13.7. The SMILES string of the molecule is COc1ccc(OC)c(S(=O)(=O)N2CCN(c3nc(Cc4cc(F)cc(Cl)c4)cs3)CC2)c1.COc1ccc(OC)c(S(=O)(=O)N2CCN(c3nc(Cc4ccc(Cl)c(F)c4)cs3)CC2)c1. The fourth-order valence-electron chi connectivity index (χ4n) is 7.32. The van der Waals surface area contributed by atoms with Gasteiger partial charge < -0.3 is 28.7 Å². The number of thiazole rings is 2. The molecule has 22 heteroatoms. The van der Waals surface area contributed by atoms with E-state index in [-0.39, 0.29) is 32.1 Å². The molecular formula is C44H46Cl2F2N6O8S4. The van der Waals surface area contributed by atoms with Gasteiger partial charge in [-0.2, -0.15) is 8.61 Å². The fourth-order valence-corrected chi connectivity index (χ4v) is 12.6. The normalized spacial score (nSPS) is 15.0. The highest BCUT2D eigenvalue weighted by molar-refractivity contribution is 7.89. The van der Waals surface area contributed by atoms with E-state index in [1.54, 1.807) is 36.4 Å². The van der Waals surface area contributed by atoms with Gasteiger partial charge in [0, 0.05) is 93.1 Å². The molecule has 0 bridgehead atoms. The van der Waals surface area contributed by atoms with Crippen LogP contribution in [0.15, 0.2) is 93.3 Å². The Balaban J connectivity index is 0.000000196. The first-order chi connectivity index (χ1) is 31.6. The molecule has 4 aromatic carbocycles. The zero-order chi connectivity index (χ0) is 47.2. The summed E-state index contributed by atoms with van der Waals surface area (Å²) in [4.78, 5) is 13.6. The molecule has 352 valence electrons. The van der Waals surface area contributed by atoms with Gasteiger partial charge in [-0.15, -0.1) is 22.7 Å². The van der Waals surface area contributed by atoms with Gasteiger partial charge in [0.1, 0.15) is 44.4 Å². The van der Waals surface area contributed by atoms with E-state index in [2.05, 4.69) is 19.8 Å². The third kappa shape index (κ3) is 11.5. The number of anilines is 2. The van der Waals surface area contributed by atoms with Gasteiger partial charge in [-0.1, -0.05) is 29.3 Å². The Bertz CT molecular complexity index is 2850. The first-order valence-corrected chi connectivity index (χ1v) is 25.7. The van der Waals surface area contributed by atoms with Crippen LogP contribution in [0.1, 0.15) is 22.5 Å². The van der Waals surface area contributed by atoms with E-state index < -0.39 is 25.9 Å². The number of hydrogen-bond donors (Lipinski definition) is 0. The minimum atomic E-state index is -3.75. The summed E-state index contributed by atoms with van der Waals surface area (Å²) in [6, 6.07) is 18.6. The van der Waals surface area contributed by atoms with Gasteiger partial charge in [-0.3, -0.25) is 0 Å². The average molecular weight is 1020 g/mol. The molecule has 0 amide bonds. The van der Waals surface area contributed by atoms with E-state index in [9.17, 15) is 25.6 Å². The van der Waals surface area contributed by atoms with Gasteiger partial charge >= 0.3 is 0 Å². The fraction of sp³-hybridized carbons (Fsp3) is 0.318. The number of ether oxygens (including phenoxy) is 4. The molecule has 0 atom stereocenters. The summed E-state index contributed by atoms with van der Waals surface area (Å²) < 4.78 is 104. The van der Waals surface area contributed by atoms with Crippen LogP contribution in [-0.4, -0.2) is 116 Å². The molecule has 2 aliphatic heterocycles. The van der Waals surface area contributed by atoms with Crippen LogP contribution < -0.4 is 28.7 Å². The Morgan fingerprint density at radius 2 is 1.05 bits per heavy atom. The van der Waals surface area contributed by atoms with Crippen LogP contribution in [0.3, 0.4) is 0 Å². The van der Waals surface area contributed by atoms with Crippen LogP contribution in [0.4, 0.5) is 19.0 Å². The van der Waals surface area contributed by atoms with Crippen LogP contribution >= 0.6 is 45.9 Å². The van der Waals surface area contributed by atoms with Crippen molar-refractivity contribution in [3.63, 3.8) is 0 Å². The van der Waals surface area contributed by atoms with Crippen LogP contribution in [-0.2, 0) is 32.9 Å². The summed E-state index contributed by atoms with van der Waals surface area (Å²) in [5.74, 6) is 0.626. The Labute approximate surface area is 400 Å². The topological polar surface area (TPSA) is 144 Å². The summed E-state index contributed by atoms with van der Waals surface area (Å²) in [6.07, 6.45) is 0.965. The van der Waals surface area contributed by atoms with Crippen molar-refractivity contribution >= 4 is 76.2 Å². The molecule has 0 N–H and O–H groups in total. The lowest BCUT2D eigenvalue weighted by atomic mass is 10.1. The van der Waals surface area contributed by atoms with Gasteiger partial charge in [0.15, 0.2) is 10.3 Å². The lowest BCUT2D eigenvalue weighted by Crippen LogP contribution is -2.48. The van der Waals surface area contributed by atoms with Gasteiger partial charge in [0.25, 0.3) is 0 Å². The van der Waals surface area contributed by atoms with E-state index in [4.69, 9.17) is 42.1 Å². The lowest BCUT2D eigenvalue weighted by molar-refractivity contribution is 0.370. The molecule has 2 saturated heterocycles. The Hall–Kier alpha value is -4.80. The maximum absolute atomic E-state index is 13.7. The summed E-state index contributed by atoms with van der Waals surface area (Å²) in [5.41, 5.74) is 3.18. The standard InChI is InChI=1S/2C22H23ClFN3O4S2/c1-30-17-4-6-20(31-2)21(13-17)33(28,29)27-9-7-26(8-10-27)22-25-16(14-32-22)11-15-3-5-18(23)19(24)12-15;1-30-19-3-4-20(31-2)21(13-19)33(28,29)27-7-5-26(6-8-27)22-25-18(14-32-22)11-15-9-16(23)12-17(24)10-15/h3-6,12-14H,7-11H2,1-2H3;3-4,9-10,12-14H,5-8,11H2,1-2H3. The highest BCUT2D eigenvalue weighted by atomic mass is 35.5. The molecule has 8 rings (SSSR count). The molecule has 0 radical (unpaired) electrons. The largest absolute Gasteiger partial charge is 0.497 e. The highest BCUT2D eigenvalue weighted by Gasteiger charge is 2.34. The molecule has 0 aliphatic carbocycles. The molecule has 2 aromatic heterocycles. The van der Waals surface area contributed by atoms with Gasteiger partial charge in [-0.05, 0) is 65.7 Å². The van der Waals surface area contributed by atoms with Crippen molar-refractivity contribution in [1.29, 1.82) is 0 Å². The summed E-state index contributed by atoms with van der Waals surface area (Å²) in [7, 11) is -1.64. The van der Waals surface area contributed by atoms with Crippen molar-refractivity contribution in [2.24, 2.45) is 0 Å². The number of sulfonamides is 2. The van der Waals surface area contributed by atoms with Gasteiger partial charge in [-0.25, -0.2) is 35.6 Å². The van der Waals surface area contributed by atoms with Gasteiger partial charge in [0.2, 0.25) is 20.0 Å². The molecule has 2 fully saturated rings. The van der Waals surface area contributed by atoms with Crippen molar-refractivity contribution in [2.45, 2.75) is 22.6 Å². The molecule has 14 nitrogen and oxygen atoms in total.